The molecule has 1 atom stereocenters. The van der Waals surface area contributed by atoms with E-state index < -0.39 is 23.6 Å². The van der Waals surface area contributed by atoms with Gasteiger partial charge < -0.3 is 15.3 Å². The van der Waals surface area contributed by atoms with Gasteiger partial charge in [-0.3, -0.25) is 14.6 Å². The van der Waals surface area contributed by atoms with E-state index in [1.165, 1.54) is 6.07 Å². The monoisotopic (exact) mass is 553 g/mol. The van der Waals surface area contributed by atoms with Crippen molar-refractivity contribution in [3.05, 3.63) is 94.3 Å². The van der Waals surface area contributed by atoms with Crippen LogP contribution in [-0.2, 0) is 16.8 Å². The molecule has 1 aliphatic carbocycles. The molecular formula is C30H30ClF2N3O3. The summed E-state index contributed by atoms with van der Waals surface area (Å²) in [4.78, 5) is 31.7. The van der Waals surface area contributed by atoms with Crippen LogP contribution in [0.1, 0.15) is 65.7 Å². The number of amides is 2. The molecule has 3 aromatic rings. The van der Waals surface area contributed by atoms with E-state index in [4.69, 9.17) is 11.6 Å². The number of fused-ring (bicyclic) bond motifs is 1. The molecule has 1 aromatic heterocycles. The van der Waals surface area contributed by atoms with Gasteiger partial charge >= 0.3 is 0 Å². The van der Waals surface area contributed by atoms with E-state index in [-0.39, 0.29) is 28.5 Å². The van der Waals surface area contributed by atoms with Gasteiger partial charge in [-0.2, -0.15) is 0 Å². The number of hydrogen-bond donors (Lipinski definition) is 2. The second-order valence-corrected chi connectivity index (χ2v) is 10.8. The van der Waals surface area contributed by atoms with Crippen molar-refractivity contribution in [1.82, 2.24) is 10.3 Å². The third kappa shape index (κ3) is 5.68. The first-order chi connectivity index (χ1) is 18.8. The highest BCUT2D eigenvalue weighted by Gasteiger charge is 2.49. The van der Waals surface area contributed by atoms with Gasteiger partial charge in [0.2, 0.25) is 0 Å². The molecule has 1 fully saturated rings. The van der Waals surface area contributed by atoms with Crippen LogP contribution in [0.15, 0.2) is 66.9 Å². The molecule has 2 aliphatic rings. The zero-order chi connectivity index (χ0) is 27.6. The SMILES string of the molecule is O=C(NC1CCC(CN2C(=O)C(O)(CCc3ccccc3)c3ccccc32)CC1)c1cc(Cl)cnc1C(F)F. The maximum absolute atomic E-state index is 13.6. The Morgan fingerprint density at radius 3 is 2.51 bits per heavy atom. The van der Waals surface area contributed by atoms with Gasteiger partial charge in [-0.05, 0) is 62.1 Å². The molecule has 204 valence electrons. The Morgan fingerprint density at radius 1 is 1.10 bits per heavy atom. The van der Waals surface area contributed by atoms with Crippen molar-refractivity contribution in [2.45, 2.75) is 56.6 Å². The number of benzene rings is 2. The van der Waals surface area contributed by atoms with Gasteiger partial charge in [0, 0.05) is 24.3 Å². The van der Waals surface area contributed by atoms with Crippen molar-refractivity contribution in [2.24, 2.45) is 5.92 Å². The van der Waals surface area contributed by atoms with Crippen LogP contribution in [0.5, 0.6) is 0 Å². The highest BCUT2D eigenvalue weighted by atomic mass is 35.5. The van der Waals surface area contributed by atoms with E-state index >= 15 is 0 Å². The molecule has 1 aliphatic heterocycles. The second-order valence-electron chi connectivity index (χ2n) is 10.4. The highest BCUT2D eigenvalue weighted by Crippen LogP contribution is 2.44. The van der Waals surface area contributed by atoms with Gasteiger partial charge in [-0.15, -0.1) is 0 Å². The molecule has 5 rings (SSSR count). The van der Waals surface area contributed by atoms with Crippen LogP contribution in [0.4, 0.5) is 14.5 Å². The first kappa shape index (κ1) is 27.2. The lowest BCUT2D eigenvalue weighted by Gasteiger charge is -2.32. The molecule has 6 nitrogen and oxygen atoms in total. The van der Waals surface area contributed by atoms with Crippen LogP contribution in [0.25, 0.3) is 0 Å². The fourth-order valence-electron chi connectivity index (χ4n) is 5.72. The topological polar surface area (TPSA) is 82.5 Å². The van der Waals surface area contributed by atoms with Crippen molar-refractivity contribution in [2.75, 3.05) is 11.4 Å². The number of nitrogens with zero attached hydrogens (tertiary/aromatic N) is 2. The molecular weight excluding hydrogens is 524 g/mol. The Balaban J connectivity index is 1.22. The molecule has 9 heteroatoms. The zero-order valence-corrected chi connectivity index (χ0v) is 22.1. The minimum Gasteiger partial charge on any atom is -0.375 e. The number of aromatic nitrogens is 1. The fraction of sp³-hybridized carbons (Fsp3) is 0.367. The maximum Gasteiger partial charge on any atom is 0.281 e. The lowest BCUT2D eigenvalue weighted by Crippen LogP contribution is -2.44. The number of carbonyl (C=O) groups is 2. The maximum atomic E-state index is 13.6. The number of hydrogen-bond acceptors (Lipinski definition) is 4. The van der Waals surface area contributed by atoms with E-state index in [1.807, 2.05) is 54.6 Å². The van der Waals surface area contributed by atoms with Crippen LogP contribution in [0.2, 0.25) is 5.02 Å². The lowest BCUT2D eigenvalue weighted by atomic mass is 9.85. The number of aliphatic hydroxyl groups is 1. The van der Waals surface area contributed by atoms with Crippen LogP contribution in [-0.4, -0.2) is 34.5 Å². The average Bonchev–Trinajstić information content (AvgIpc) is 3.15. The van der Waals surface area contributed by atoms with Crippen molar-refractivity contribution < 1.29 is 23.5 Å². The number of aryl methyl sites for hydroxylation is 1. The van der Waals surface area contributed by atoms with Crippen LogP contribution >= 0.6 is 11.6 Å². The molecule has 2 amide bonds. The van der Waals surface area contributed by atoms with Crippen LogP contribution in [0, 0.1) is 5.92 Å². The normalized spacial score (nSPS) is 22.7. The van der Waals surface area contributed by atoms with Gasteiger partial charge in [-0.25, -0.2) is 8.78 Å². The Labute approximate surface area is 231 Å². The first-order valence-electron chi connectivity index (χ1n) is 13.2. The van der Waals surface area contributed by atoms with Crippen molar-refractivity contribution in [1.29, 1.82) is 0 Å². The molecule has 1 saturated carbocycles. The van der Waals surface area contributed by atoms with Crippen LogP contribution in [0.3, 0.4) is 0 Å². The Bertz CT molecular complexity index is 1350. The summed E-state index contributed by atoms with van der Waals surface area (Å²) in [6.45, 7) is 0.470. The fourth-order valence-corrected chi connectivity index (χ4v) is 5.87. The summed E-state index contributed by atoms with van der Waals surface area (Å²) >= 11 is 5.89. The number of anilines is 1. The number of para-hydroxylation sites is 1. The molecule has 39 heavy (non-hydrogen) atoms. The molecule has 2 aromatic carbocycles. The Morgan fingerprint density at radius 2 is 1.79 bits per heavy atom. The summed E-state index contributed by atoms with van der Waals surface area (Å²) in [6.07, 6.45) is 1.88. The summed E-state index contributed by atoms with van der Waals surface area (Å²) in [7, 11) is 0. The lowest BCUT2D eigenvalue weighted by molar-refractivity contribution is -0.136. The first-order valence-corrected chi connectivity index (χ1v) is 13.6. The number of carbonyl (C=O) groups excluding carboxylic acids is 2. The van der Waals surface area contributed by atoms with Crippen LogP contribution < -0.4 is 10.2 Å². The average molecular weight is 554 g/mol. The van der Waals surface area contributed by atoms with Crippen molar-refractivity contribution >= 4 is 29.1 Å². The summed E-state index contributed by atoms with van der Waals surface area (Å²) in [5.41, 5.74) is 0.0539. The molecule has 0 bridgehead atoms. The number of nitrogens with one attached hydrogen (secondary N) is 1. The molecule has 1 unspecified atom stereocenters. The third-order valence-electron chi connectivity index (χ3n) is 7.82. The molecule has 0 radical (unpaired) electrons. The van der Waals surface area contributed by atoms with Crippen molar-refractivity contribution in [3.63, 3.8) is 0 Å². The summed E-state index contributed by atoms with van der Waals surface area (Å²) in [6, 6.07) is 18.2. The number of rotatable bonds is 8. The Kier molecular flexibility index (Phi) is 7.96. The zero-order valence-electron chi connectivity index (χ0n) is 21.3. The van der Waals surface area contributed by atoms with Gasteiger partial charge in [0.05, 0.1) is 16.3 Å². The van der Waals surface area contributed by atoms with E-state index in [0.29, 0.717) is 37.8 Å². The van der Waals surface area contributed by atoms with Gasteiger partial charge in [-0.1, -0.05) is 60.1 Å². The largest absolute Gasteiger partial charge is 0.375 e. The highest BCUT2D eigenvalue weighted by molar-refractivity contribution is 6.30. The van der Waals surface area contributed by atoms with Gasteiger partial charge in [0.25, 0.3) is 18.2 Å². The summed E-state index contributed by atoms with van der Waals surface area (Å²) < 4.78 is 26.7. The summed E-state index contributed by atoms with van der Waals surface area (Å²) in [5, 5.41) is 14.6. The third-order valence-corrected chi connectivity index (χ3v) is 8.02. The van der Waals surface area contributed by atoms with E-state index in [2.05, 4.69) is 10.3 Å². The molecule has 2 N–H and O–H groups in total. The second kappa shape index (κ2) is 11.4. The summed E-state index contributed by atoms with van der Waals surface area (Å²) in [5.74, 6) is -0.741. The van der Waals surface area contributed by atoms with E-state index in [1.54, 1.807) is 4.90 Å². The minimum absolute atomic E-state index is 0.118. The minimum atomic E-state index is -2.88. The quantitative estimate of drug-likeness (QED) is 0.368. The van der Waals surface area contributed by atoms with Gasteiger partial charge in [0.1, 0.15) is 5.69 Å². The predicted octanol–water partition coefficient (Wildman–Crippen LogP) is 5.83. The predicted molar refractivity (Wildman–Crippen MR) is 145 cm³/mol. The van der Waals surface area contributed by atoms with E-state index in [9.17, 15) is 23.5 Å². The molecule has 0 spiro atoms. The van der Waals surface area contributed by atoms with Crippen molar-refractivity contribution in [3.8, 4) is 0 Å². The smallest absolute Gasteiger partial charge is 0.281 e. The standard InChI is InChI=1S/C30H30ClF2N3O3/c31-21-16-23(26(27(32)33)34-17-21)28(37)35-22-12-10-20(11-13-22)18-36-25-9-5-4-8-24(25)30(39,29(36)38)15-14-19-6-2-1-3-7-19/h1-9,16-17,20,22,27,39H,10-15,18H2,(H,35,37). The Hall–Kier alpha value is -3.36. The van der Waals surface area contributed by atoms with Gasteiger partial charge in [0.15, 0.2) is 5.60 Å². The number of pyridine rings is 1. The number of alkyl halides is 2. The number of halogens is 3. The van der Waals surface area contributed by atoms with E-state index in [0.717, 1.165) is 30.3 Å². The molecule has 0 saturated heterocycles. The molecule has 2 heterocycles.